The summed E-state index contributed by atoms with van der Waals surface area (Å²) in [6.45, 7) is -0.802. The highest BCUT2D eigenvalue weighted by Gasteiger charge is 2.12. The molecule has 12 heavy (non-hydrogen) atoms. The molecule has 5 heteroatoms. The van der Waals surface area contributed by atoms with Gasteiger partial charge in [-0.05, 0) is 6.07 Å². The lowest BCUT2D eigenvalue weighted by molar-refractivity contribution is 0.151. The lowest BCUT2D eigenvalue weighted by atomic mass is 10.2. The summed E-state index contributed by atoms with van der Waals surface area (Å²) in [5, 5.41) is -0.146. The normalized spacial score (nSPS) is 10.8. The molecule has 0 amide bonds. The fraction of sp³-hybridized carbons (Fsp3) is 0.286. The van der Waals surface area contributed by atoms with E-state index >= 15 is 0 Å². The van der Waals surface area contributed by atoms with Crippen LogP contribution in [-0.2, 0) is 6.67 Å². The van der Waals surface area contributed by atoms with Crippen molar-refractivity contribution in [3.8, 4) is 0 Å². The number of pyridine rings is 1. The van der Waals surface area contributed by atoms with E-state index in [4.69, 9.17) is 11.6 Å². The minimum Gasteiger partial charge on any atom is -0.258 e. The lowest BCUT2D eigenvalue weighted by Crippen LogP contribution is -1.91. The number of rotatable bonds is 2. The van der Waals surface area contributed by atoms with E-state index in [1.54, 1.807) is 0 Å². The van der Waals surface area contributed by atoms with Crippen molar-refractivity contribution in [3.63, 3.8) is 0 Å². The molecule has 1 nitrogen and oxygen atoms in total. The Morgan fingerprint density at radius 2 is 2.17 bits per heavy atom. The molecule has 0 saturated carbocycles. The first kappa shape index (κ1) is 9.32. The molecule has 0 bridgehead atoms. The summed E-state index contributed by atoms with van der Waals surface area (Å²) in [5.74, 6) is 0. The van der Waals surface area contributed by atoms with Crippen LogP contribution in [0.25, 0.3) is 0 Å². The van der Waals surface area contributed by atoms with E-state index in [2.05, 4.69) is 4.98 Å². The van der Waals surface area contributed by atoms with Gasteiger partial charge in [-0.15, -0.1) is 0 Å². The lowest BCUT2D eigenvalue weighted by Gasteiger charge is -2.02. The van der Waals surface area contributed by atoms with Gasteiger partial charge in [0.05, 0.1) is 16.3 Å². The van der Waals surface area contributed by atoms with Gasteiger partial charge < -0.3 is 0 Å². The van der Waals surface area contributed by atoms with Crippen LogP contribution in [-0.4, -0.2) is 4.98 Å². The Labute approximate surface area is 72.2 Å². The number of aromatic nitrogens is 1. The van der Waals surface area contributed by atoms with Crippen molar-refractivity contribution in [2.24, 2.45) is 0 Å². The van der Waals surface area contributed by atoms with Crippen LogP contribution in [0.1, 0.15) is 17.7 Å². The Hall–Kier alpha value is -0.770. The van der Waals surface area contributed by atoms with Crippen molar-refractivity contribution in [2.45, 2.75) is 13.1 Å². The molecule has 0 aliphatic carbocycles. The first-order valence-corrected chi connectivity index (χ1v) is 3.51. The van der Waals surface area contributed by atoms with Gasteiger partial charge in [0.1, 0.15) is 6.67 Å². The zero-order valence-corrected chi connectivity index (χ0v) is 6.65. The quantitative estimate of drug-likeness (QED) is 0.707. The molecule has 1 aromatic rings. The van der Waals surface area contributed by atoms with E-state index < -0.39 is 13.1 Å². The molecule has 0 radical (unpaired) electrons. The molecule has 0 saturated heterocycles. The molecule has 0 aliphatic rings. The number of nitrogens with zero attached hydrogens (tertiary/aromatic N) is 1. The van der Waals surface area contributed by atoms with Crippen molar-refractivity contribution in [1.29, 1.82) is 0 Å². The summed E-state index contributed by atoms with van der Waals surface area (Å²) < 4.78 is 36.0. The largest absolute Gasteiger partial charge is 0.266 e. The van der Waals surface area contributed by atoms with Crippen LogP contribution in [0, 0.1) is 0 Å². The van der Waals surface area contributed by atoms with E-state index in [-0.39, 0.29) is 16.3 Å². The van der Waals surface area contributed by atoms with Crippen molar-refractivity contribution in [2.75, 3.05) is 0 Å². The molecular formula is C7H5ClF3N. The minimum atomic E-state index is -2.67. The Kier molecular flexibility index (Phi) is 2.92. The summed E-state index contributed by atoms with van der Waals surface area (Å²) in [5.41, 5.74) is -0.307. The van der Waals surface area contributed by atoms with E-state index in [1.165, 1.54) is 0 Å². The molecule has 0 aromatic carbocycles. The molecule has 0 aliphatic heterocycles. The molecule has 0 N–H and O–H groups in total. The third-order valence-electron chi connectivity index (χ3n) is 1.31. The van der Waals surface area contributed by atoms with E-state index in [9.17, 15) is 13.2 Å². The Bertz CT molecular complexity index is 277. The summed E-state index contributed by atoms with van der Waals surface area (Å²) in [7, 11) is 0. The van der Waals surface area contributed by atoms with Gasteiger partial charge in [0, 0.05) is 6.20 Å². The molecule has 1 rings (SSSR count). The number of hydrogen-bond acceptors (Lipinski definition) is 1. The molecule has 1 aromatic heterocycles. The average Bonchev–Trinajstić information content (AvgIpc) is 2.03. The standard InChI is InChI=1S/C7H5ClF3N/c8-6-1-4(2-9)12-3-5(6)7(10)11/h1,3,7H,2H2. The van der Waals surface area contributed by atoms with Gasteiger partial charge in [0.25, 0.3) is 6.43 Å². The van der Waals surface area contributed by atoms with Crippen molar-refractivity contribution >= 4 is 11.6 Å². The molecule has 0 fully saturated rings. The highest BCUT2D eigenvalue weighted by Crippen LogP contribution is 2.26. The van der Waals surface area contributed by atoms with E-state index in [0.29, 0.717) is 0 Å². The Morgan fingerprint density at radius 3 is 2.58 bits per heavy atom. The summed E-state index contributed by atoms with van der Waals surface area (Å²) in [6.07, 6.45) is -1.78. The third kappa shape index (κ3) is 1.88. The topological polar surface area (TPSA) is 12.9 Å². The molecule has 0 atom stereocenters. The monoisotopic (exact) mass is 195 g/mol. The fourth-order valence-electron chi connectivity index (χ4n) is 0.715. The SMILES string of the molecule is FCc1cc(Cl)c(C(F)F)cn1. The van der Waals surface area contributed by atoms with Gasteiger partial charge in [0.2, 0.25) is 0 Å². The van der Waals surface area contributed by atoms with Crippen LogP contribution in [0.2, 0.25) is 5.02 Å². The maximum Gasteiger partial charge on any atom is 0.266 e. The highest BCUT2D eigenvalue weighted by molar-refractivity contribution is 6.31. The van der Waals surface area contributed by atoms with Crippen LogP contribution < -0.4 is 0 Å². The summed E-state index contributed by atoms with van der Waals surface area (Å²) >= 11 is 5.42. The van der Waals surface area contributed by atoms with E-state index in [0.717, 1.165) is 12.3 Å². The Morgan fingerprint density at radius 1 is 1.50 bits per heavy atom. The zero-order valence-electron chi connectivity index (χ0n) is 5.90. The third-order valence-corrected chi connectivity index (χ3v) is 1.64. The number of alkyl halides is 3. The second kappa shape index (κ2) is 3.76. The van der Waals surface area contributed by atoms with E-state index in [1.807, 2.05) is 0 Å². The smallest absolute Gasteiger partial charge is 0.258 e. The van der Waals surface area contributed by atoms with Crippen molar-refractivity contribution in [3.05, 3.63) is 28.5 Å². The minimum absolute atomic E-state index is 0.0596. The highest BCUT2D eigenvalue weighted by atomic mass is 35.5. The molecule has 0 spiro atoms. The zero-order chi connectivity index (χ0) is 9.14. The summed E-state index contributed by atoms with van der Waals surface area (Å²) in [6, 6.07) is 1.10. The average molecular weight is 196 g/mol. The van der Waals surface area contributed by atoms with Crippen LogP contribution in [0.15, 0.2) is 12.3 Å². The molecule has 1 heterocycles. The Balaban J connectivity index is 3.03. The van der Waals surface area contributed by atoms with Crippen molar-refractivity contribution in [1.82, 2.24) is 4.98 Å². The number of hydrogen-bond donors (Lipinski definition) is 0. The second-order valence-corrected chi connectivity index (χ2v) is 2.54. The predicted molar refractivity (Wildman–Crippen MR) is 39.0 cm³/mol. The first-order chi connectivity index (χ1) is 5.65. The van der Waals surface area contributed by atoms with Gasteiger partial charge in [0.15, 0.2) is 0 Å². The van der Waals surface area contributed by atoms with Crippen LogP contribution in [0.5, 0.6) is 0 Å². The predicted octanol–water partition coefficient (Wildman–Crippen LogP) is 3.14. The summed E-state index contributed by atoms with van der Waals surface area (Å²) in [4.78, 5) is 3.44. The van der Waals surface area contributed by atoms with Crippen molar-refractivity contribution < 1.29 is 13.2 Å². The van der Waals surface area contributed by atoms with Gasteiger partial charge in [-0.25, -0.2) is 13.2 Å². The molecular weight excluding hydrogens is 191 g/mol. The second-order valence-electron chi connectivity index (χ2n) is 2.13. The van der Waals surface area contributed by atoms with Crippen LogP contribution >= 0.6 is 11.6 Å². The maximum atomic E-state index is 12.0. The van der Waals surface area contributed by atoms with Gasteiger partial charge in [-0.3, -0.25) is 4.98 Å². The van der Waals surface area contributed by atoms with Crippen LogP contribution in [0.4, 0.5) is 13.2 Å². The van der Waals surface area contributed by atoms with Gasteiger partial charge >= 0.3 is 0 Å². The molecule has 66 valence electrons. The number of halogens is 4. The first-order valence-electron chi connectivity index (χ1n) is 3.13. The fourth-order valence-corrected chi connectivity index (χ4v) is 0.972. The van der Waals surface area contributed by atoms with Crippen LogP contribution in [0.3, 0.4) is 0 Å². The molecule has 0 unspecified atom stereocenters. The van der Waals surface area contributed by atoms with Gasteiger partial charge in [-0.2, -0.15) is 0 Å². The van der Waals surface area contributed by atoms with Gasteiger partial charge in [-0.1, -0.05) is 11.6 Å². The maximum absolute atomic E-state index is 12.0.